The summed E-state index contributed by atoms with van der Waals surface area (Å²) >= 11 is 0. The number of carboxylic acids is 1. The van der Waals surface area contributed by atoms with Crippen molar-refractivity contribution in [1.82, 2.24) is 0 Å². The standard InChI is InChI=1S/C13H10N2O3/c16-13(17)11-5-3-10(4-6-11)8-14-15-9-12-2-1-7-18-12/h1-9H,(H,16,17)/b14-8-,15-9+. The topological polar surface area (TPSA) is 75.2 Å². The molecule has 2 aromatic rings. The Balaban J connectivity index is 1.99. The van der Waals surface area contributed by atoms with Crippen LogP contribution in [0.4, 0.5) is 0 Å². The molecule has 0 bridgehead atoms. The Morgan fingerprint density at radius 2 is 1.83 bits per heavy atom. The molecular formula is C13H10N2O3. The van der Waals surface area contributed by atoms with E-state index in [9.17, 15) is 4.79 Å². The van der Waals surface area contributed by atoms with E-state index < -0.39 is 5.97 Å². The molecule has 0 amide bonds. The summed E-state index contributed by atoms with van der Waals surface area (Å²) in [6.07, 6.45) is 4.57. The van der Waals surface area contributed by atoms with Crippen LogP contribution >= 0.6 is 0 Å². The average Bonchev–Trinajstić information content (AvgIpc) is 2.88. The van der Waals surface area contributed by atoms with E-state index in [0.717, 1.165) is 5.56 Å². The van der Waals surface area contributed by atoms with Crippen LogP contribution < -0.4 is 0 Å². The molecular weight excluding hydrogens is 232 g/mol. The van der Waals surface area contributed by atoms with Crippen molar-refractivity contribution in [1.29, 1.82) is 0 Å². The summed E-state index contributed by atoms with van der Waals surface area (Å²) in [5, 5.41) is 16.4. The van der Waals surface area contributed by atoms with E-state index in [0.29, 0.717) is 5.76 Å². The third-order valence-corrected chi connectivity index (χ3v) is 2.16. The third-order valence-electron chi connectivity index (χ3n) is 2.16. The molecule has 0 spiro atoms. The Morgan fingerprint density at radius 1 is 1.11 bits per heavy atom. The van der Waals surface area contributed by atoms with Gasteiger partial charge in [-0.3, -0.25) is 0 Å². The van der Waals surface area contributed by atoms with Crippen LogP contribution in [-0.2, 0) is 0 Å². The Kier molecular flexibility index (Phi) is 3.66. The fourth-order valence-electron chi connectivity index (χ4n) is 1.27. The zero-order valence-electron chi connectivity index (χ0n) is 9.35. The highest BCUT2D eigenvalue weighted by Gasteiger charge is 1.99. The highest BCUT2D eigenvalue weighted by molar-refractivity contribution is 5.89. The molecule has 0 aliphatic carbocycles. The summed E-state index contributed by atoms with van der Waals surface area (Å²) in [4.78, 5) is 10.6. The number of nitrogens with zero attached hydrogens (tertiary/aromatic N) is 2. The predicted octanol–water partition coefficient (Wildman–Crippen LogP) is 2.43. The number of aromatic carboxylic acids is 1. The molecule has 1 aromatic heterocycles. The van der Waals surface area contributed by atoms with Gasteiger partial charge in [0, 0.05) is 0 Å². The largest absolute Gasteiger partial charge is 0.478 e. The molecule has 0 aliphatic heterocycles. The van der Waals surface area contributed by atoms with Gasteiger partial charge in [-0.25, -0.2) is 4.79 Å². The van der Waals surface area contributed by atoms with Gasteiger partial charge in [-0.1, -0.05) is 12.1 Å². The predicted molar refractivity (Wildman–Crippen MR) is 67.3 cm³/mol. The number of hydrogen-bond acceptors (Lipinski definition) is 4. The number of carboxylic acid groups (broad SMARTS) is 1. The molecule has 2 rings (SSSR count). The SMILES string of the molecule is O=C(O)c1ccc(/C=N\N=C\c2ccco2)cc1. The summed E-state index contributed by atoms with van der Waals surface area (Å²) in [7, 11) is 0. The van der Waals surface area contributed by atoms with Crippen molar-refractivity contribution in [2.24, 2.45) is 10.2 Å². The van der Waals surface area contributed by atoms with Gasteiger partial charge in [0.15, 0.2) is 0 Å². The van der Waals surface area contributed by atoms with Gasteiger partial charge in [-0.05, 0) is 29.8 Å². The highest BCUT2D eigenvalue weighted by Crippen LogP contribution is 2.02. The van der Waals surface area contributed by atoms with E-state index in [4.69, 9.17) is 9.52 Å². The van der Waals surface area contributed by atoms with Crippen molar-refractivity contribution in [2.45, 2.75) is 0 Å². The van der Waals surface area contributed by atoms with Crippen LogP contribution in [-0.4, -0.2) is 23.5 Å². The maximum atomic E-state index is 10.6. The zero-order valence-corrected chi connectivity index (χ0v) is 9.35. The first-order chi connectivity index (χ1) is 8.75. The molecule has 0 unspecified atom stereocenters. The van der Waals surface area contributed by atoms with Crippen molar-refractivity contribution < 1.29 is 14.3 Å². The molecule has 5 heteroatoms. The van der Waals surface area contributed by atoms with Crippen LogP contribution in [0.1, 0.15) is 21.7 Å². The number of benzene rings is 1. The fourth-order valence-corrected chi connectivity index (χ4v) is 1.27. The second kappa shape index (κ2) is 5.58. The maximum Gasteiger partial charge on any atom is 0.335 e. The molecule has 0 atom stereocenters. The lowest BCUT2D eigenvalue weighted by Gasteiger charge is -1.94. The van der Waals surface area contributed by atoms with Gasteiger partial charge in [-0.15, -0.1) is 0 Å². The van der Waals surface area contributed by atoms with Crippen LogP contribution in [0.2, 0.25) is 0 Å². The smallest absolute Gasteiger partial charge is 0.335 e. The van der Waals surface area contributed by atoms with E-state index in [1.807, 2.05) is 0 Å². The lowest BCUT2D eigenvalue weighted by atomic mass is 10.1. The maximum absolute atomic E-state index is 10.6. The van der Waals surface area contributed by atoms with Gasteiger partial charge in [0.05, 0.1) is 24.3 Å². The van der Waals surface area contributed by atoms with E-state index in [1.54, 1.807) is 30.5 Å². The minimum Gasteiger partial charge on any atom is -0.478 e. The third kappa shape index (κ3) is 3.15. The first-order valence-corrected chi connectivity index (χ1v) is 5.19. The van der Waals surface area contributed by atoms with E-state index in [-0.39, 0.29) is 5.56 Å². The second-order valence-corrected chi connectivity index (χ2v) is 3.43. The molecule has 0 fully saturated rings. The van der Waals surface area contributed by atoms with Gasteiger partial charge in [0.1, 0.15) is 5.76 Å². The van der Waals surface area contributed by atoms with Crippen LogP contribution in [0, 0.1) is 0 Å². The Hall–Kier alpha value is -2.69. The molecule has 1 N–H and O–H groups in total. The van der Waals surface area contributed by atoms with Crippen molar-refractivity contribution >= 4 is 18.4 Å². The summed E-state index contributed by atoms with van der Waals surface area (Å²) < 4.78 is 5.04. The van der Waals surface area contributed by atoms with Crippen LogP contribution in [0.3, 0.4) is 0 Å². The van der Waals surface area contributed by atoms with Crippen LogP contribution in [0.25, 0.3) is 0 Å². The first kappa shape index (κ1) is 11.8. The average molecular weight is 242 g/mol. The zero-order chi connectivity index (χ0) is 12.8. The fraction of sp³-hybridized carbons (Fsp3) is 0. The normalized spacial score (nSPS) is 11.3. The number of hydrogen-bond donors (Lipinski definition) is 1. The minimum atomic E-state index is -0.950. The van der Waals surface area contributed by atoms with Crippen LogP contribution in [0.15, 0.2) is 57.3 Å². The van der Waals surface area contributed by atoms with Crippen molar-refractivity contribution in [3.63, 3.8) is 0 Å². The first-order valence-electron chi connectivity index (χ1n) is 5.19. The highest BCUT2D eigenvalue weighted by atomic mass is 16.4. The van der Waals surface area contributed by atoms with Crippen molar-refractivity contribution in [3.8, 4) is 0 Å². The van der Waals surface area contributed by atoms with Gasteiger partial charge in [0.25, 0.3) is 0 Å². The number of rotatable bonds is 4. The summed E-state index contributed by atoms with van der Waals surface area (Å²) in [5.74, 6) is -0.331. The van der Waals surface area contributed by atoms with E-state index in [2.05, 4.69) is 10.2 Å². The Labute approximate surface area is 103 Å². The lowest BCUT2D eigenvalue weighted by Crippen LogP contribution is -1.95. The molecule has 1 aromatic carbocycles. The summed E-state index contributed by atoms with van der Waals surface area (Å²) in [5.41, 5.74) is 1.02. The van der Waals surface area contributed by atoms with E-state index in [1.165, 1.54) is 24.6 Å². The monoisotopic (exact) mass is 242 g/mol. The lowest BCUT2D eigenvalue weighted by molar-refractivity contribution is 0.0697. The van der Waals surface area contributed by atoms with Gasteiger partial charge < -0.3 is 9.52 Å². The molecule has 0 saturated carbocycles. The van der Waals surface area contributed by atoms with Gasteiger partial charge >= 0.3 is 5.97 Å². The summed E-state index contributed by atoms with van der Waals surface area (Å²) in [6, 6.07) is 9.88. The Bertz CT molecular complexity index is 569. The molecule has 0 radical (unpaired) electrons. The molecule has 1 heterocycles. The Morgan fingerprint density at radius 3 is 2.44 bits per heavy atom. The molecule has 5 nitrogen and oxygen atoms in total. The van der Waals surface area contributed by atoms with Gasteiger partial charge in [0.2, 0.25) is 0 Å². The van der Waals surface area contributed by atoms with E-state index >= 15 is 0 Å². The van der Waals surface area contributed by atoms with Crippen LogP contribution in [0.5, 0.6) is 0 Å². The van der Waals surface area contributed by atoms with Gasteiger partial charge in [-0.2, -0.15) is 10.2 Å². The number of furan rings is 1. The quantitative estimate of drug-likeness (QED) is 0.660. The second-order valence-electron chi connectivity index (χ2n) is 3.43. The minimum absolute atomic E-state index is 0.242. The molecule has 0 saturated heterocycles. The summed E-state index contributed by atoms with van der Waals surface area (Å²) in [6.45, 7) is 0. The van der Waals surface area contributed by atoms with Crippen molar-refractivity contribution in [3.05, 3.63) is 59.5 Å². The molecule has 18 heavy (non-hydrogen) atoms. The molecule has 90 valence electrons. The van der Waals surface area contributed by atoms with Crippen molar-refractivity contribution in [2.75, 3.05) is 0 Å². The molecule has 0 aliphatic rings. The number of carbonyl (C=O) groups is 1.